The minimum Gasteiger partial charge on any atom is -0.293 e. The van der Waals surface area contributed by atoms with Gasteiger partial charge in [-0.05, 0) is 38.1 Å². The summed E-state index contributed by atoms with van der Waals surface area (Å²) in [6, 6.07) is 10.3. The number of aromatic nitrogens is 2. The first-order valence-corrected chi connectivity index (χ1v) is 7.28. The standard InChI is InChI=1S/C17H22N4/c1-5-21(12-17-11-19-20(4)13(17)2)14(3)16-8-6-15(10-18)7-9-16/h6-9,11,14H,5,12H2,1-4H3/t14-/m1/s1. The van der Waals surface area contributed by atoms with E-state index in [1.165, 1.54) is 16.8 Å². The Balaban J connectivity index is 2.16. The third kappa shape index (κ3) is 3.32. The summed E-state index contributed by atoms with van der Waals surface area (Å²) in [4.78, 5) is 2.41. The minimum absolute atomic E-state index is 0.308. The summed E-state index contributed by atoms with van der Waals surface area (Å²) in [5.74, 6) is 0. The van der Waals surface area contributed by atoms with Crippen LogP contribution in [0.2, 0.25) is 0 Å². The highest BCUT2D eigenvalue weighted by molar-refractivity contribution is 5.32. The molecule has 2 rings (SSSR count). The van der Waals surface area contributed by atoms with Gasteiger partial charge in [-0.15, -0.1) is 0 Å². The van der Waals surface area contributed by atoms with Crippen LogP contribution >= 0.6 is 0 Å². The zero-order chi connectivity index (χ0) is 15.4. The molecule has 110 valence electrons. The first-order valence-electron chi connectivity index (χ1n) is 7.28. The van der Waals surface area contributed by atoms with Crippen LogP contribution < -0.4 is 0 Å². The van der Waals surface area contributed by atoms with Gasteiger partial charge < -0.3 is 0 Å². The molecule has 0 N–H and O–H groups in total. The molecule has 4 heteroatoms. The van der Waals surface area contributed by atoms with Crippen LogP contribution in [0.25, 0.3) is 0 Å². The van der Waals surface area contributed by atoms with Crippen LogP contribution in [0.3, 0.4) is 0 Å². The summed E-state index contributed by atoms with van der Waals surface area (Å²) < 4.78 is 1.91. The van der Waals surface area contributed by atoms with Crippen molar-refractivity contribution in [2.24, 2.45) is 7.05 Å². The smallest absolute Gasteiger partial charge is 0.0991 e. The van der Waals surface area contributed by atoms with Crippen LogP contribution in [0.15, 0.2) is 30.5 Å². The van der Waals surface area contributed by atoms with Crippen molar-refractivity contribution in [3.63, 3.8) is 0 Å². The van der Waals surface area contributed by atoms with Gasteiger partial charge in [-0.1, -0.05) is 19.1 Å². The molecule has 0 fully saturated rings. The molecule has 1 aromatic heterocycles. The number of nitriles is 1. The van der Waals surface area contributed by atoms with Crippen molar-refractivity contribution in [3.8, 4) is 6.07 Å². The lowest BCUT2D eigenvalue weighted by Gasteiger charge is -2.28. The second kappa shape index (κ2) is 6.55. The largest absolute Gasteiger partial charge is 0.293 e. The first-order chi connectivity index (χ1) is 10.1. The maximum Gasteiger partial charge on any atom is 0.0991 e. The van der Waals surface area contributed by atoms with Gasteiger partial charge >= 0.3 is 0 Å². The summed E-state index contributed by atoms with van der Waals surface area (Å²) >= 11 is 0. The van der Waals surface area contributed by atoms with E-state index in [1.807, 2.05) is 42.2 Å². The zero-order valence-electron chi connectivity index (χ0n) is 13.2. The van der Waals surface area contributed by atoms with E-state index in [9.17, 15) is 0 Å². The van der Waals surface area contributed by atoms with Crippen molar-refractivity contribution in [1.82, 2.24) is 14.7 Å². The van der Waals surface area contributed by atoms with Gasteiger partial charge in [-0.2, -0.15) is 10.4 Å². The van der Waals surface area contributed by atoms with Gasteiger partial charge in [-0.25, -0.2) is 0 Å². The molecule has 4 nitrogen and oxygen atoms in total. The van der Waals surface area contributed by atoms with Gasteiger partial charge in [0.2, 0.25) is 0 Å². The van der Waals surface area contributed by atoms with E-state index < -0.39 is 0 Å². The molecule has 0 amide bonds. The van der Waals surface area contributed by atoms with E-state index in [1.54, 1.807) is 0 Å². The molecule has 2 aromatic rings. The van der Waals surface area contributed by atoms with Crippen LogP contribution in [-0.2, 0) is 13.6 Å². The number of rotatable bonds is 5. The molecule has 1 atom stereocenters. The number of nitrogens with zero attached hydrogens (tertiary/aromatic N) is 4. The number of benzene rings is 1. The molecule has 0 unspecified atom stereocenters. The molecule has 0 bridgehead atoms. The van der Waals surface area contributed by atoms with E-state index >= 15 is 0 Å². The molecule has 0 saturated carbocycles. The van der Waals surface area contributed by atoms with E-state index in [-0.39, 0.29) is 0 Å². The van der Waals surface area contributed by atoms with Gasteiger partial charge in [-0.3, -0.25) is 9.58 Å². The van der Waals surface area contributed by atoms with Crippen LogP contribution in [0.1, 0.15) is 42.3 Å². The predicted molar refractivity (Wildman–Crippen MR) is 83.6 cm³/mol. The van der Waals surface area contributed by atoms with Crippen molar-refractivity contribution in [1.29, 1.82) is 5.26 Å². The SMILES string of the molecule is CCN(Cc1cnn(C)c1C)[C@H](C)c1ccc(C#N)cc1. The minimum atomic E-state index is 0.308. The molecule has 21 heavy (non-hydrogen) atoms. The quantitative estimate of drug-likeness (QED) is 0.846. The summed E-state index contributed by atoms with van der Waals surface area (Å²) in [6.45, 7) is 8.33. The first kappa shape index (κ1) is 15.3. The highest BCUT2D eigenvalue weighted by Gasteiger charge is 2.16. The van der Waals surface area contributed by atoms with Gasteiger partial charge in [0, 0.05) is 30.9 Å². The van der Waals surface area contributed by atoms with Crippen molar-refractivity contribution in [3.05, 3.63) is 52.8 Å². The van der Waals surface area contributed by atoms with Crippen LogP contribution in [0, 0.1) is 18.3 Å². The highest BCUT2D eigenvalue weighted by Crippen LogP contribution is 2.23. The second-order valence-electron chi connectivity index (χ2n) is 5.35. The highest BCUT2D eigenvalue weighted by atomic mass is 15.3. The fourth-order valence-electron chi connectivity index (χ4n) is 2.49. The van der Waals surface area contributed by atoms with E-state index in [4.69, 9.17) is 5.26 Å². The van der Waals surface area contributed by atoms with Gasteiger partial charge in [0.1, 0.15) is 0 Å². The molecule has 0 aliphatic rings. The maximum atomic E-state index is 8.88. The average molecular weight is 282 g/mol. The van der Waals surface area contributed by atoms with Gasteiger partial charge in [0.15, 0.2) is 0 Å². The van der Waals surface area contributed by atoms with E-state index in [0.29, 0.717) is 11.6 Å². The Morgan fingerprint density at radius 3 is 2.48 bits per heavy atom. The lowest BCUT2D eigenvalue weighted by molar-refractivity contribution is 0.212. The third-order valence-corrected chi connectivity index (χ3v) is 4.19. The number of hydrogen-bond acceptors (Lipinski definition) is 3. The summed E-state index contributed by atoms with van der Waals surface area (Å²) in [5, 5.41) is 13.2. The lowest BCUT2D eigenvalue weighted by atomic mass is 10.0. The van der Waals surface area contributed by atoms with Crippen LogP contribution in [-0.4, -0.2) is 21.2 Å². The van der Waals surface area contributed by atoms with Crippen molar-refractivity contribution >= 4 is 0 Å². The Morgan fingerprint density at radius 1 is 1.33 bits per heavy atom. The molecule has 0 radical (unpaired) electrons. The van der Waals surface area contributed by atoms with E-state index in [2.05, 4.69) is 36.8 Å². The van der Waals surface area contributed by atoms with Crippen molar-refractivity contribution in [2.45, 2.75) is 33.4 Å². The summed E-state index contributed by atoms with van der Waals surface area (Å²) in [5.41, 5.74) is 4.41. The molecule has 1 aromatic carbocycles. The number of hydrogen-bond donors (Lipinski definition) is 0. The molecule has 0 aliphatic heterocycles. The average Bonchev–Trinajstić information content (AvgIpc) is 2.83. The summed E-state index contributed by atoms with van der Waals surface area (Å²) in [7, 11) is 1.97. The lowest BCUT2D eigenvalue weighted by Crippen LogP contribution is -2.26. The third-order valence-electron chi connectivity index (χ3n) is 4.19. The predicted octanol–water partition coefficient (Wildman–Crippen LogP) is 3.18. The molecule has 0 aliphatic carbocycles. The Hall–Kier alpha value is -2.12. The monoisotopic (exact) mass is 282 g/mol. The van der Waals surface area contributed by atoms with Crippen molar-refractivity contribution < 1.29 is 0 Å². The molecule has 0 spiro atoms. The van der Waals surface area contributed by atoms with Crippen molar-refractivity contribution in [2.75, 3.05) is 6.54 Å². The molecular formula is C17H22N4. The molecular weight excluding hydrogens is 260 g/mol. The van der Waals surface area contributed by atoms with E-state index in [0.717, 1.165) is 13.1 Å². The molecule has 0 saturated heterocycles. The Labute approximate surface area is 126 Å². The second-order valence-corrected chi connectivity index (χ2v) is 5.35. The normalized spacial score (nSPS) is 12.4. The van der Waals surface area contributed by atoms with Gasteiger partial charge in [0.05, 0.1) is 17.8 Å². The Morgan fingerprint density at radius 2 is 2.00 bits per heavy atom. The Kier molecular flexibility index (Phi) is 4.77. The van der Waals surface area contributed by atoms with Gasteiger partial charge in [0.25, 0.3) is 0 Å². The zero-order valence-corrected chi connectivity index (χ0v) is 13.2. The maximum absolute atomic E-state index is 8.88. The number of aryl methyl sites for hydroxylation is 1. The molecule has 1 heterocycles. The van der Waals surface area contributed by atoms with Crippen LogP contribution in [0.4, 0.5) is 0 Å². The topological polar surface area (TPSA) is 44.9 Å². The summed E-state index contributed by atoms with van der Waals surface area (Å²) in [6.07, 6.45) is 1.95. The Bertz CT molecular complexity index is 634. The van der Waals surface area contributed by atoms with Crippen LogP contribution in [0.5, 0.6) is 0 Å². The fraction of sp³-hybridized carbons (Fsp3) is 0.412. The fourth-order valence-corrected chi connectivity index (χ4v) is 2.49.